The summed E-state index contributed by atoms with van der Waals surface area (Å²) < 4.78 is 2.04. The Morgan fingerprint density at radius 2 is 2.06 bits per heavy atom. The van der Waals surface area contributed by atoms with Crippen molar-refractivity contribution >= 4 is 0 Å². The Kier molecular flexibility index (Phi) is 3.82. The Hall–Kier alpha value is -1.61. The quantitative estimate of drug-likeness (QED) is 0.897. The molecular weight excluding hydrogens is 222 g/mol. The number of hydrogen-bond donors (Lipinski definition) is 1. The summed E-state index contributed by atoms with van der Waals surface area (Å²) in [7, 11) is 0. The largest absolute Gasteiger partial charge is 0.326 e. The molecule has 0 fully saturated rings. The highest BCUT2D eigenvalue weighted by Gasteiger charge is 2.11. The normalized spacial score (nSPS) is 10.9. The van der Waals surface area contributed by atoms with Gasteiger partial charge in [0.15, 0.2) is 0 Å². The molecule has 0 unspecified atom stereocenters. The van der Waals surface area contributed by atoms with Crippen molar-refractivity contribution in [1.82, 2.24) is 9.78 Å². The lowest BCUT2D eigenvalue weighted by molar-refractivity contribution is 0.764. The van der Waals surface area contributed by atoms with Gasteiger partial charge in [-0.3, -0.25) is 0 Å². The maximum Gasteiger partial charge on any atom is 0.0678 e. The second kappa shape index (κ2) is 5.36. The molecule has 0 radical (unpaired) electrons. The third-order valence-corrected chi connectivity index (χ3v) is 3.24. The third-order valence-electron chi connectivity index (χ3n) is 3.24. The molecule has 0 spiro atoms. The highest BCUT2D eigenvalue weighted by molar-refractivity contribution is 5.44. The summed E-state index contributed by atoms with van der Waals surface area (Å²) in [5.41, 5.74) is 11.9. The zero-order valence-electron chi connectivity index (χ0n) is 11.4. The third kappa shape index (κ3) is 2.31. The predicted molar refractivity (Wildman–Crippen MR) is 74.9 cm³/mol. The van der Waals surface area contributed by atoms with E-state index in [-0.39, 0.29) is 0 Å². The lowest BCUT2D eigenvalue weighted by Crippen LogP contribution is -2.07. The molecular formula is C15H21N3. The van der Waals surface area contributed by atoms with Crippen LogP contribution >= 0.6 is 0 Å². The summed E-state index contributed by atoms with van der Waals surface area (Å²) in [6, 6.07) is 6.45. The van der Waals surface area contributed by atoms with Crippen LogP contribution in [-0.2, 0) is 13.0 Å². The second-order valence-corrected chi connectivity index (χ2v) is 4.77. The number of nitrogens with zero attached hydrogens (tertiary/aromatic N) is 2. The average molecular weight is 243 g/mol. The molecule has 2 aromatic rings. The number of aromatic nitrogens is 2. The maximum absolute atomic E-state index is 5.78. The molecule has 0 aliphatic carbocycles. The number of aryl methyl sites for hydroxylation is 2. The van der Waals surface area contributed by atoms with Crippen LogP contribution in [0.4, 0.5) is 0 Å². The smallest absolute Gasteiger partial charge is 0.0678 e. The van der Waals surface area contributed by atoms with E-state index in [0.29, 0.717) is 6.54 Å². The first kappa shape index (κ1) is 12.8. The number of benzene rings is 1. The van der Waals surface area contributed by atoms with E-state index in [2.05, 4.69) is 44.1 Å². The minimum Gasteiger partial charge on any atom is -0.326 e. The Balaban J connectivity index is 2.52. The first-order valence-electron chi connectivity index (χ1n) is 6.50. The van der Waals surface area contributed by atoms with Crippen LogP contribution < -0.4 is 5.73 Å². The van der Waals surface area contributed by atoms with E-state index < -0.39 is 0 Å². The molecule has 0 atom stereocenters. The Morgan fingerprint density at radius 1 is 1.28 bits per heavy atom. The first-order chi connectivity index (χ1) is 8.67. The number of rotatable bonds is 4. The van der Waals surface area contributed by atoms with Gasteiger partial charge in [-0.05, 0) is 31.9 Å². The van der Waals surface area contributed by atoms with Crippen LogP contribution in [-0.4, -0.2) is 9.78 Å². The molecule has 0 saturated carbocycles. The number of nitrogens with two attached hydrogens (primary N) is 1. The summed E-state index contributed by atoms with van der Waals surface area (Å²) in [6.45, 7) is 6.97. The van der Waals surface area contributed by atoms with Gasteiger partial charge in [0.05, 0.1) is 11.9 Å². The molecule has 18 heavy (non-hydrogen) atoms. The van der Waals surface area contributed by atoms with Gasteiger partial charge in [0.1, 0.15) is 0 Å². The van der Waals surface area contributed by atoms with E-state index in [1.54, 1.807) is 0 Å². The van der Waals surface area contributed by atoms with Crippen LogP contribution in [0.25, 0.3) is 5.69 Å². The minimum absolute atomic E-state index is 0.556. The number of hydrogen-bond acceptors (Lipinski definition) is 2. The van der Waals surface area contributed by atoms with Crippen molar-refractivity contribution in [2.45, 2.75) is 40.2 Å². The molecule has 0 aliphatic rings. The van der Waals surface area contributed by atoms with Crippen molar-refractivity contribution in [1.29, 1.82) is 0 Å². The highest BCUT2D eigenvalue weighted by atomic mass is 15.3. The van der Waals surface area contributed by atoms with Crippen LogP contribution in [0.5, 0.6) is 0 Å². The van der Waals surface area contributed by atoms with E-state index in [0.717, 1.165) is 24.1 Å². The molecule has 1 aromatic carbocycles. The summed E-state index contributed by atoms with van der Waals surface area (Å²) in [5.74, 6) is 0. The van der Waals surface area contributed by atoms with Crippen molar-refractivity contribution in [3.8, 4) is 5.69 Å². The molecule has 1 heterocycles. The minimum atomic E-state index is 0.556. The Labute approximate surface area is 109 Å². The fraction of sp³-hybridized carbons (Fsp3) is 0.400. The molecule has 3 nitrogen and oxygen atoms in total. The van der Waals surface area contributed by atoms with E-state index in [1.165, 1.54) is 16.8 Å². The zero-order valence-corrected chi connectivity index (χ0v) is 11.4. The summed E-state index contributed by atoms with van der Waals surface area (Å²) in [4.78, 5) is 0. The Morgan fingerprint density at radius 3 is 2.67 bits per heavy atom. The van der Waals surface area contributed by atoms with Crippen molar-refractivity contribution in [3.05, 3.63) is 46.8 Å². The van der Waals surface area contributed by atoms with Crippen molar-refractivity contribution in [3.63, 3.8) is 0 Å². The van der Waals surface area contributed by atoms with E-state index in [4.69, 9.17) is 5.73 Å². The second-order valence-electron chi connectivity index (χ2n) is 4.77. The monoisotopic (exact) mass is 243 g/mol. The molecule has 2 N–H and O–H groups in total. The van der Waals surface area contributed by atoms with Crippen molar-refractivity contribution in [2.24, 2.45) is 5.73 Å². The van der Waals surface area contributed by atoms with Gasteiger partial charge >= 0.3 is 0 Å². The van der Waals surface area contributed by atoms with E-state index >= 15 is 0 Å². The molecule has 0 bridgehead atoms. The van der Waals surface area contributed by atoms with Gasteiger partial charge in [0.2, 0.25) is 0 Å². The van der Waals surface area contributed by atoms with Crippen LogP contribution in [0.2, 0.25) is 0 Å². The maximum atomic E-state index is 5.78. The first-order valence-corrected chi connectivity index (χ1v) is 6.50. The molecule has 0 aliphatic heterocycles. The summed E-state index contributed by atoms with van der Waals surface area (Å²) in [6.07, 6.45) is 4.01. The Bertz CT molecular complexity index is 541. The molecule has 0 saturated heterocycles. The van der Waals surface area contributed by atoms with Gasteiger partial charge in [0, 0.05) is 17.8 Å². The average Bonchev–Trinajstić information content (AvgIpc) is 2.73. The lowest BCUT2D eigenvalue weighted by atomic mass is 10.1. The summed E-state index contributed by atoms with van der Waals surface area (Å²) >= 11 is 0. The SMILES string of the molecule is CCCc1c(CN)cnn1-c1ccc(C)cc1C. The van der Waals surface area contributed by atoms with Gasteiger partial charge in [-0.2, -0.15) is 5.10 Å². The van der Waals surface area contributed by atoms with E-state index in [1.807, 2.05) is 10.9 Å². The standard InChI is InChI=1S/C15H21N3/c1-4-5-15-13(9-16)10-17-18(15)14-7-6-11(2)8-12(14)3/h6-8,10H,4-5,9,16H2,1-3H3. The lowest BCUT2D eigenvalue weighted by Gasteiger charge is -2.11. The van der Waals surface area contributed by atoms with Gasteiger partial charge in [-0.15, -0.1) is 0 Å². The van der Waals surface area contributed by atoms with Crippen molar-refractivity contribution < 1.29 is 0 Å². The van der Waals surface area contributed by atoms with Gasteiger partial charge < -0.3 is 5.73 Å². The molecule has 0 amide bonds. The topological polar surface area (TPSA) is 43.8 Å². The molecule has 3 heteroatoms. The molecule has 2 rings (SSSR count). The highest BCUT2D eigenvalue weighted by Crippen LogP contribution is 2.20. The van der Waals surface area contributed by atoms with Crippen LogP contribution in [0.3, 0.4) is 0 Å². The van der Waals surface area contributed by atoms with Crippen LogP contribution in [0, 0.1) is 13.8 Å². The predicted octanol–water partition coefficient (Wildman–Crippen LogP) is 2.90. The van der Waals surface area contributed by atoms with E-state index in [9.17, 15) is 0 Å². The van der Waals surface area contributed by atoms with Gasteiger partial charge in [-0.1, -0.05) is 31.0 Å². The fourth-order valence-corrected chi connectivity index (χ4v) is 2.33. The van der Waals surface area contributed by atoms with Crippen LogP contribution in [0.15, 0.2) is 24.4 Å². The van der Waals surface area contributed by atoms with Gasteiger partial charge in [0.25, 0.3) is 0 Å². The van der Waals surface area contributed by atoms with Crippen molar-refractivity contribution in [2.75, 3.05) is 0 Å². The fourth-order valence-electron chi connectivity index (χ4n) is 2.33. The molecule has 96 valence electrons. The zero-order chi connectivity index (χ0) is 13.1. The van der Waals surface area contributed by atoms with Crippen LogP contribution in [0.1, 0.15) is 35.7 Å². The molecule has 1 aromatic heterocycles. The van der Waals surface area contributed by atoms with Gasteiger partial charge in [-0.25, -0.2) is 4.68 Å². The summed E-state index contributed by atoms with van der Waals surface area (Å²) in [5, 5.41) is 4.50.